The number of anilines is 1. The van der Waals surface area contributed by atoms with E-state index in [4.69, 9.17) is 0 Å². The van der Waals surface area contributed by atoms with Crippen LogP contribution in [0.4, 0.5) is 9.52 Å². The predicted octanol–water partition coefficient (Wildman–Crippen LogP) is 2.64. The second-order valence-electron chi connectivity index (χ2n) is 5.37. The van der Waals surface area contributed by atoms with Crippen LogP contribution in [0, 0.1) is 11.7 Å². The number of amides is 1. The minimum atomic E-state index is -3.82. The highest BCUT2D eigenvalue weighted by Crippen LogP contribution is 2.24. The highest BCUT2D eigenvalue weighted by molar-refractivity contribution is 7.92. The van der Waals surface area contributed by atoms with Crippen LogP contribution in [0.5, 0.6) is 0 Å². The molecular formula is C14H16FN3O3S2. The third kappa shape index (κ3) is 4.80. The fourth-order valence-corrected chi connectivity index (χ4v) is 4.16. The Morgan fingerprint density at radius 2 is 2.00 bits per heavy atom. The van der Waals surface area contributed by atoms with Crippen LogP contribution in [0.1, 0.15) is 25.8 Å². The number of nitrogens with zero attached hydrogens (tertiary/aromatic N) is 2. The van der Waals surface area contributed by atoms with Gasteiger partial charge in [-0.3, -0.25) is 4.79 Å². The van der Waals surface area contributed by atoms with Gasteiger partial charge in [0, 0.05) is 12.0 Å². The molecule has 2 aromatic rings. The van der Waals surface area contributed by atoms with Gasteiger partial charge in [0.2, 0.25) is 25.2 Å². The zero-order chi connectivity index (χ0) is 17.0. The van der Waals surface area contributed by atoms with Gasteiger partial charge >= 0.3 is 0 Å². The summed E-state index contributed by atoms with van der Waals surface area (Å²) in [4.78, 5) is 11.6. The maximum Gasteiger partial charge on any atom is 0.234 e. The van der Waals surface area contributed by atoms with Crippen LogP contribution in [0.2, 0.25) is 0 Å². The fraction of sp³-hybridized carbons (Fsp3) is 0.357. The van der Waals surface area contributed by atoms with Crippen molar-refractivity contribution in [3.8, 4) is 0 Å². The van der Waals surface area contributed by atoms with Gasteiger partial charge in [0.1, 0.15) is 5.82 Å². The molecule has 0 radical (unpaired) electrons. The Morgan fingerprint density at radius 1 is 1.30 bits per heavy atom. The summed E-state index contributed by atoms with van der Waals surface area (Å²) in [6, 6.07) is 5.64. The highest BCUT2D eigenvalue weighted by Gasteiger charge is 2.23. The fourth-order valence-electron chi connectivity index (χ4n) is 1.81. The number of carbonyl (C=O) groups is 1. The average Bonchev–Trinajstić information content (AvgIpc) is 2.89. The minimum Gasteiger partial charge on any atom is -0.300 e. The second kappa shape index (κ2) is 7.14. The zero-order valence-electron chi connectivity index (χ0n) is 12.6. The molecule has 1 aromatic carbocycles. The van der Waals surface area contributed by atoms with E-state index in [0.717, 1.165) is 11.3 Å². The van der Waals surface area contributed by atoms with E-state index in [2.05, 4.69) is 15.5 Å². The van der Waals surface area contributed by atoms with Gasteiger partial charge in [0.15, 0.2) is 0 Å². The van der Waals surface area contributed by atoms with Crippen LogP contribution in [-0.4, -0.2) is 24.5 Å². The molecule has 6 nitrogen and oxygen atoms in total. The smallest absolute Gasteiger partial charge is 0.234 e. The lowest BCUT2D eigenvalue weighted by atomic mass is 10.1. The summed E-state index contributed by atoms with van der Waals surface area (Å²) in [6.07, 6.45) is 0.302. The topological polar surface area (TPSA) is 89.0 Å². The van der Waals surface area contributed by atoms with Crippen molar-refractivity contribution in [2.24, 2.45) is 5.92 Å². The third-order valence-electron chi connectivity index (χ3n) is 2.82. The molecule has 2 rings (SSSR count). The van der Waals surface area contributed by atoms with Crippen molar-refractivity contribution in [1.29, 1.82) is 0 Å². The molecule has 0 aliphatic rings. The molecular weight excluding hydrogens is 341 g/mol. The lowest BCUT2D eigenvalue weighted by Crippen LogP contribution is -2.13. The van der Waals surface area contributed by atoms with Crippen LogP contribution in [0.25, 0.3) is 0 Å². The maximum atomic E-state index is 13.6. The normalized spacial score (nSPS) is 11.7. The van der Waals surface area contributed by atoms with Crippen molar-refractivity contribution in [1.82, 2.24) is 10.2 Å². The number of aromatic nitrogens is 2. The molecule has 0 spiro atoms. The van der Waals surface area contributed by atoms with Gasteiger partial charge in [0.25, 0.3) is 0 Å². The Hall–Kier alpha value is -1.87. The molecule has 1 heterocycles. The van der Waals surface area contributed by atoms with Crippen LogP contribution < -0.4 is 5.32 Å². The van der Waals surface area contributed by atoms with E-state index in [1.165, 1.54) is 18.2 Å². The number of nitrogens with one attached hydrogen (secondary N) is 1. The van der Waals surface area contributed by atoms with E-state index in [-0.39, 0.29) is 26.9 Å². The van der Waals surface area contributed by atoms with Crippen molar-refractivity contribution in [3.63, 3.8) is 0 Å². The molecule has 0 saturated carbocycles. The van der Waals surface area contributed by atoms with E-state index in [1.807, 2.05) is 13.8 Å². The third-order valence-corrected chi connectivity index (χ3v) is 5.77. The van der Waals surface area contributed by atoms with Gasteiger partial charge in [-0.15, -0.1) is 10.2 Å². The van der Waals surface area contributed by atoms with Crippen LogP contribution in [0.3, 0.4) is 0 Å². The second-order valence-corrected chi connectivity index (χ2v) is 8.51. The Bertz CT molecular complexity index is 803. The van der Waals surface area contributed by atoms with Gasteiger partial charge in [-0.05, 0) is 12.0 Å². The molecule has 0 aliphatic heterocycles. The minimum absolute atomic E-state index is 0.0630. The first-order chi connectivity index (χ1) is 10.8. The van der Waals surface area contributed by atoms with Gasteiger partial charge in [-0.2, -0.15) is 0 Å². The van der Waals surface area contributed by atoms with E-state index in [1.54, 1.807) is 6.07 Å². The summed E-state index contributed by atoms with van der Waals surface area (Å²) in [5.74, 6) is -1.18. The Morgan fingerprint density at radius 3 is 2.65 bits per heavy atom. The number of hydrogen-bond acceptors (Lipinski definition) is 6. The summed E-state index contributed by atoms with van der Waals surface area (Å²) >= 11 is 0.756. The molecule has 124 valence electrons. The summed E-state index contributed by atoms with van der Waals surface area (Å²) in [5, 5.41) is 9.87. The number of rotatable bonds is 6. The molecule has 0 aliphatic carbocycles. The average molecular weight is 357 g/mol. The van der Waals surface area contributed by atoms with Crippen molar-refractivity contribution in [3.05, 3.63) is 35.6 Å². The van der Waals surface area contributed by atoms with Crippen molar-refractivity contribution in [2.45, 2.75) is 30.4 Å². The van der Waals surface area contributed by atoms with Gasteiger partial charge < -0.3 is 5.32 Å². The molecule has 0 fully saturated rings. The Labute approximate surface area is 137 Å². The molecule has 9 heteroatoms. The van der Waals surface area contributed by atoms with Gasteiger partial charge in [-0.25, -0.2) is 12.8 Å². The van der Waals surface area contributed by atoms with Crippen molar-refractivity contribution >= 4 is 32.2 Å². The van der Waals surface area contributed by atoms with Crippen LogP contribution >= 0.6 is 11.3 Å². The number of halogens is 1. The lowest BCUT2D eigenvalue weighted by Gasteiger charge is -2.03. The Balaban J connectivity index is 2.12. The largest absolute Gasteiger partial charge is 0.300 e. The van der Waals surface area contributed by atoms with E-state index >= 15 is 0 Å². The standard InChI is InChI=1S/C14H16FN3O3S2/c1-9(2)7-12(19)16-13-17-18-14(22-13)23(20,21)8-10-5-3-4-6-11(10)15/h3-6,9H,7-8H2,1-2H3,(H,16,17,19). The first-order valence-electron chi connectivity index (χ1n) is 6.87. The molecule has 23 heavy (non-hydrogen) atoms. The lowest BCUT2D eigenvalue weighted by molar-refractivity contribution is -0.116. The number of sulfone groups is 1. The molecule has 1 aromatic heterocycles. The quantitative estimate of drug-likeness (QED) is 0.803. The number of benzene rings is 1. The number of hydrogen-bond donors (Lipinski definition) is 1. The van der Waals surface area contributed by atoms with E-state index < -0.39 is 21.4 Å². The summed E-state index contributed by atoms with van der Waals surface area (Å²) < 4.78 is 37.8. The summed E-state index contributed by atoms with van der Waals surface area (Å²) in [6.45, 7) is 3.79. The molecule has 0 saturated heterocycles. The highest BCUT2D eigenvalue weighted by atomic mass is 32.2. The number of carbonyl (C=O) groups excluding carboxylic acids is 1. The Kier molecular flexibility index (Phi) is 5.42. The first kappa shape index (κ1) is 17.5. The van der Waals surface area contributed by atoms with Gasteiger partial charge in [-0.1, -0.05) is 43.4 Å². The van der Waals surface area contributed by atoms with Crippen molar-refractivity contribution in [2.75, 3.05) is 5.32 Å². The van der Waals surface area contributed by atoms with E-state index in [0.29, 0.717) is 6.42 Å². The van der Waals surface area contributed by atoms with Crippen LogP contribution in [-0.2, 0) is 20.4 Å². The maximum absolute atomic E-state index is 13.6. The zero-order valence-corrected chi connectivity index (χ0v) is 14.2. The van der Waals surface area contributed by atoms with Gasteiger partial charge in [0.05, 0.1) is 5.75 Å². The van der Waals surface area contributed by atoms with Crippen LogP contribution in [0.15, 0.2) is 28.6 Å². The predicted molar refractivity (Wildman–Crippen MR) is 85.3 cm³/mol. The molecule has 1 amide bonds. The molecule has 0 atom stereocenters. The first-order valence-corrected chi connectivity index (χ1v) is 9.34. The molecule has 0 bridgehead atoms. The SMILES string of the molecule is CC(C)CC(=O)Nc1nnc(S(=O)(=O)Cc2ccccc2F)s1. The van der Waals surface area contributed by atoms with Crippen molar-refractivity contribution < 1.29 is 17.6 Å². The molecule has 0 unspecified atom stereocenters. The van der Waals surface area contributed by atoms with E-state index in [9.17, 15) is 17.6 Å². The summed E-state index contributed by atoms with van der Waals surface area (Å²) in [7, 11) is -3.82. The monoisotopic (exact) mass is 357 g/mol. The summed E-state index contributed by atoms with van der Waals surface area (Å²) in [5.41, 5.74) is 0.0630. The molecule has 1 N–H and O–H groups in total.